The van der Waals surface area contributed by atoms with Gasteiger partial charge in [-0.2, -0.15) is 26.3 Å². The van der Waals surface area contributed by atoms with Gasteiger partial charge in [-0.05, 0) is 6.07 Å². The maximum atomic E-state index is 12.3. The first-order valence-electron chi connectivity index (χ1n) is 4.37. The standard InChI is InChI=1S/C9H6ClF6NO/c10-5-4(8(11,12)13)2-1-3(6(5)18)7(17)9(14,15)16/h1-2,7,18H,17H2/t7-/m1/s1. The van der Waals surface area contributed by atoms with Crippen molar-refractivity contribution >= 4 is 11.6 Å². The fraction of sp³-hybridized carbons (Fsp3) is 0.333. The Morgan fingerprint density at radius 2 is 1.61 bits per heavy atom. The summed E-state index contributed by atoms with van der Waals surface area (Å²) in [4.78, 5) is 0. The summed E-state index contributed by atoms with van der Waals surface area (Å²) in [5, 5.41) is 8.05. The molecule has 1 aromatic carbocycles. The fourth-order valence-electron chi connectivity index (χ4n) is 1.23. The zero-order valence-corrected chi connectivity index (χ0v) is 9.16. The molecule has 0 aromatic heterocycles. The smallest absolute Gasteiger partial charge is 0.417 e. The van der Waals surface area contributed by atoms with Crippen LogP contribution in [0, 0.1) is 0 Å². The molecule has 102 valence electrons. The van der Waals surface area contributed by atoms with Gasteiger partial charge in [-0.3, -0.25) is 0 Å². The number of benzene rings is 1. The number of rotatable bonds is 1. The number of phenolic OH excluding ortho intramolecular Hbond substituents is 1. The minimum atomic E-state index is -4.90. The second kappa shape index (κ2) is 4.51. The predicted octanol–water partition coefficient (Wildman–Crippen LogP) is 3.63. The summed E-state index contributed by atoms with van der Waals surface area (Å²) in [5.74, 6) is -1.32. The highest BCUT2D eigenvalue weighted by molar-refractivity contribution is 6.33. The lowest BCUT2D eigenvalue weighted by molar-refractivity contribution is -0.149. The molecule has 1 atom stereocenters. The topological polar surface area (TPSA) is 46.2 Å². The van der Waals surface area contributed by atoms with Crippen molar-refractivity contribution < 1.29 is 31.4 Å². The number of halogens is 7. The van der Waals surface area contributed by atoms with Crippen LogP contribution in [0.15, 0.2) is 12.1 Å². The summed E-state index contributed by atoms with van der Waals surface area (Å²) >= 11 is 5.18. The number of alkyl halides is 6. The summed E-state index contributed by atoms with van der Waals surface area (Å²) in [6.07, 6.45) is -9.78. The first-order chi connectivity index (χ1) is 7.96. The summed E-state index contributed by atoms with van der Waals surface area (Å²) < 4.78 is 73.9. The van der Waals surface area contributed by atoms with Crippen LogP contribution in [0.25, 0.3) is 0 Å². The van der Waals surface area contributed by atoms with Crippen molar-refractivity contribution in [2.75, 3.05) is 0 Å². The van der Waals surface area contributed by atoms with Crippen molar-refractivity contribution in [1.29, 1.82) is 0 Å². The van der Waals surface area contributed by atoms with Crippen molar-refractivity contribution in [3.8, 4) is 5.75 Å². The zero-order valence-electron chi connectivity index (χ0n) is 8.40. The molecule has 0 aliphatic rings. The number of hydrogen-bond acceptors (Lipinski definition) is 2. The van der Waals surface area contributed by atoms with E-state index in [-0.39, 0.29) is 0 Å². The van der Waals surface area contributed by atoms with Crippen molar-refractivity contribution in [1.82, 2.24) is 0 Å². The normalized spacial score (nSPS) is 14.7. The monoisotopic (exact) mass is 293 g/mol. The molecule has 0 bridgehead atoms. The van der Waals surface area contributed by atoms with Crippen LogP contribution in [0.3, 0.4) is 0 Å². The maximum Gasteiger partial charge on any atom is 0.417 e. The molecule has 18 heavy (non-hydrogen) atoms. The van der Waals surface area contributed by atoms with Gasteiger partial charge in [0, 0.05) is 5.56 Å². The molecule has 0 spiro atoms. The predicted molar refractivity (Wildman–Crippen MR) is 51.1 cm³/mol. The van der Waals surface area contributed by atoms with Crippen molar-refractivity contribution in [2.45, 2.75) is 18.4 Å². The van der Waals surface area contributed by atoms with E-state index in [1.165, 1.54) is 0 Å². The van der Waals surface area contributed by atoms with Gasteiger partial charge in [0.25, 0.3) is 0 Å². The maximum absolute atomic E-state index is 12.3. The van der Waals surface area contributed by atoms with E-state index in [1.807, 2.05) is 0 Å². The van der Waals surface area contributed by atoms with E-state index in [2.05, 4.69) is 0 Å². The van der Waals surface area contributed by atoms with Crippen LogP contribution in [-0.2, 0) is 6.18 Å². The van der Waals surface area contributed by atoms with E-state index >= 15 is 0 Å². The molecule has 2 nitrogen and oxygen atoms in total. The SMILES string of the molecule is N[C@H](c1ccc(C(F)(F)F)c(Cl)c1O)C(F)(F)F. The first kappa shape index (κ1) is 14.9. The van der Waals surface area contributed by atoms with E-state index < -0.39 is 40.3 Å². The Balaban J connectivity index is 3.34. The average molecular weight is 294 g/mol. The number of aromatic hydroxyl groups is 1. The van der Waals surface area contributed by atoms with E-state index in [1.54, 1.807) is 0 Å². The first-order valence-corrected chi connectivity index (χ1v) is 4.75. The van der Waals surface area contributed by atoms with Gasteiger partial charge in [-0.1, -0.05) is 17.7 Å². The third-order valence-electron chi connectivity index (χ3n) is 2.14. The molecule has 3 N–H and O–H groups in total. The summed E-state index contributed by atoms with van der Waals surface area (Å²) in [5.41, 5.74) is 2.43. The molecule has 0 fully saturated rings. The highest BCUT2D eigenvalue weighted by Gasteiger charge is 2.41. The van der Waals surface area contributed by atoms with Crippen LogP contribution in [0.2, 0.25) is 5.02 Å². The summed E-state index contributed by atoms with van der Waals surface area (Å²) in [7, 11) is 0. The highest BCUT2D eigenvalue weighted by Crippen LogP contribution is 2.44. The number of hydrogen-bond donors (Lipinski definition) is 2. The van der Waals surface area contributed by atoms with Gasteiger partial charge in [0.05, 0.1) is 10.6 Å². The van der Waals surface area contributed by atoms with Crippen molar-refractivity contribution in [3.05, 3.63) is 28.3 Å². The van der Waals surface area contributed by atoms with E-state index in [9.17, 15) is 31.4 Å². The molecular weight excluding hydrogens is 288 g/mol. The third kappa shape index (κ3) is 2.81. The van der Waals surface area contributed by atoms with E-state index in [0.29, 0.717) is 12.1 Å². The van der Waals surface area contributed by atoms with Crippen molar-refractivity contribution in [3.63, 3.8) is 0 Å². The lowest BCUT2D eigenvalue weighted by atomic mass is 10.0. The Morgan fingerprint density at radius 1 is 1.11 bits per heavy atom. The van der Waals surface area contributed by atoms with Crippen LogP contribution in [0.1, 0.15) is 17.2 Å². The number of phenols is 1. The average Bonchev–Trinajstić information content (AvgIpc) is 2.17. The minimum absolute atomic E-state index is 0.336. The van der Waals surface area contributed by atoms with Crippen LogP contribution in [-0.4, -0.2) is 11.3 Å². The lowest BCUT2D eigenvalue weighted by Gasteiger charge is -2.19. The Morgan fingerprint density at radius 3 is 2.00 bits per heavy atom. The van der Waals surface area contributed by atoms with Crippen LogP contribution in [0.4, 0.5) is 26.3 Å². The molecule has 9 heteroatoms. The summed E-state index contributed by atoms with van der Waals surface area (Å²) in [6, 6.07) is -1.83. The van der Waals surface area contributed by atoms with Gasteiger partial charge in [-0.25, -0.2) is 0 Å². The molecular formula is C9H6ClF6NO. The molecule has 0 amide bonds. The van der Waals surface area contributed by atoms with Gasteiger partial charge in [0.2, 0.25) is 0 Å². The Labute approximate surface area is 102 Å². The lowest BCUT2D eigenvalue weighted by Crippen LogP contribution is -2.28. The summed E-state index contributed by atoms with van der Waals surface area (Å²) in [6.45, 7) is 0. The van der Waals surface area contributed by atoms with Crippen LogP contribution >= 0.6 is 11.6 Å². The third-order valence-corrected chi connectivity index (χ3v) is 2.52. The molecule has 0 radical (unpaired) electrons. The number of nitrogens with two attached hydrogens (primary N) is 1. The molecule has 0 heterocycles. The van der Waals surface area contributed by atoms with Crippen LogP contribution < -0.4 is 5.73 Å². The zero-order chi connectivity index (χ0) is 14.3. The van der Waals surface area contributed by atoms with Crippen LogP contribution in [0.5, 0.6) is 5.75 Å². The molecule has 0 aliphatic heterocycles. The van der Waals surface area contributed by atoms with Gasteiger partial charge in [0.15, 0.2) is 0 Å². The Bertz CT molecular complexity index is 456. The second-order valence-corrected chi connectivity index (χ2v) is 3.76. The minimum Gasteiger partial charge on any atom is -0.506 e. The molecule has 0 unspecified atom stereocenters. The van der Waals surface area contributed by atoms with Gasteiger partial charge >= 0.3 is 12.4 Å². The fourth-order valence-corrected chi connectivity index (χ4v) is 1.50. The van der Waals surface area contributed by atoms with Gasteiger partial charge in [0.1, 0.15) is 11.8 Å². The molecule has 1 aromatic rings. The molecule has 1 rings (SSSR count). The molecule has 0 saturated heterocycles. The van der Waals surface area contributed by atoms with Crippen molar-refractivity contribution in [2.24, 2.45) is 5.73 Å². The van der Waals surface area contributed by atoms with Gasteiger partial charge < -0.3 is 10.8 Å². The quantitative estimate of drug-likeness (QED) is 0.777. The van der Waals surface area contributed by atoms with Gasteiger partial charge in [-0.15, -0.1) is 0 Å². The molecule has 0 saturated carbocycles. The van der Waals surface area contributed by atoms with E-state index in [0.717, 1.165) is 0 Å². The molecule has 0 aliphatic carbocycles. The largest absolute Gasteiger partial charge is 0.506 e. The highest BCUT2D eigenvalue weighted by atomic mass is 35.5. The second-order valence-electron chi connectivity index (χ2n) is 3.38. The van der Waals surface area contributed by atoms with E-state index in [4.69, 9.17) is 17.3 Å². The Hall–Kier alpha value is -1.15. The Kier molecular flexibility index (Phi) is 3.73.